The number of nitrogens with one attached hydrogen (secondary N) is 1. The van der Waals surface area contributed by atoms with Gasteiger partial charge < -0.3 is 15.2 Å². The van der Waals surface area contributed by atoms with Crippen LogP contribution >= 0.6 is 35.6 Å². The highest BCUT2D eigenvalue weighted by Gasteiger charge is 2.49. The minimum absolute atomic E-state index is 0. The molecule has 1 heterocycles. The van der Waals surface area contributed by atoms with Crippen molar-refractivity contribution in [1.82, 2.24) is 9.62 Å². The summed E-state index contributed by atoms with van der Waals surface area (Å²) in [5.41, 5.74) is -0.624. The monoisotopic (exact) mass is 577 g/mol. The van der Waals surface area contributed by atoms with Gasteiger partial charge in [0.25, 0.3) is 0 Å². The Labute approximate surface area is 226 Å². The van der Waals surface area contributed by atoms with Gasteiger partial charge in [0.15, 0.2) is 0 Å². The Morgan fingerprint density at radius 2 is 1.86 bits per heavy atom. The number of rotatable bonds is 8. The zero-order valence-corrected chi connectivity index (χ0v) is 22.4. The van der Waals surface area contributed by atoms with E-state index in [0.717, 1.165) is 31.7 Å². The lowest BCUT2D eigenvalue weighted by Crippen LogP contribution is -2.65. The highest BCUT2D eigenvalue weighted by Crippen LogP contribution is 2.38. The fraction of sp³-hybridized carbons (Fsp3) is 0.458. The summed E-state index contributed by atoms with van der Waals surface area (Å²) < 4.78 is 47.6. The first-order valence-corrected chi connectivity index (χ1v) is 13.5. The van der Waals surface area contributed by atoms with Crippen molar-refractivity contribution < 1.29 is 22.7 Å². The first-order valence-electron chi connectivity index (χ1n) is 11.3. The quantitative estimate of drug-likeness (QED) is 0.482. The topological polar surface area (TPSA) is 103 Å². The molecule has 2 aromatic carbocycles. The van der Waals surface area contributed by atoms with E-state index in [1.54, 1.807) is 6.07 Å². The Hall–Kier alpha value is -1.64. The van der Waals surface area contributed by atoms with E-state index in [0.29, 0.717) is 11.6 Å². The van der Waals surface area contributed by atoms with Gasteiger partial charge in [0.05, 0.1) is 23.3 Å². The van der Waals surface area contributed by atoms with E-state index in [-0.39, 0.29) is 65.5 Å². The average molecular weight is 579 g/mol. The van der Waals surface area contributed by atoms with Crippen LogP contribution in [0, 0.1) is 22.6 Å². The fourth-order valence-corrected chi connectivity index (χ4v) is 6.92. The highest BCUT2D eigenvalue weighted by molar-refractivity contribution is 7.89. The summed E-state index contributed by atoms with van der Waals surface area (Å²) in [6.07, 6.45) is 2.84. The normalized spacial score (nSPS) is 21.6. The van der Waals surface area contributed by atoms with E-state index in [9.17, 15) is 17.9 Å². The van der Waals surface area contributed by atoms with Gasteiger partial charge in [0, 0.05) is 42.2 Å². The molecule has 0 amide bonds. The molecule has 2 aromatic rings. The average Bonchev–Trinajstić information content (AvgIpc) is 2.79. The molecule has 0 bridgehead atoms. The number of ether oxygens (including phenoxy) is 1. The Balaban J connectivity index is 0.00000361. The smallest absolute Gasteiger partial charge is 0.244 e. The summed E-state index contributed by atoms with van der Waals surface area (Å²) >= 11 is 12.1. The third-order valence-electron chi connectivity index (χ3n) is 6.60. The first-order chi connectivity index (χ1) is 16.6. The molecule has 2 N–H and O–H groups in total. The van der Waals surface area contributed by atoms with Crippen molar-refractivity contribution in [3.63, 3.8) is 0 Å². The first kappa shape index (κ1) is 28.9. The van der Waals surface area contributed by atoms with Crippen LogP contribution in [0.1, 0.15) is 31.2 Å². The Bertz CT molecular complexity index is 1230. The van der Waals surface area contributed by atoms with Gasteiger partial charge in [-0.3, -0.25) is 0 Å². The molecule has 1 aliphatic carbocycles. The Kier molecular flexibility index (Phi) is 9.50. The maximum atomic E-state index is 14.0. The molecule has 36 heavy (non-hydrogen) atoms. The lowest BCUT2D eigenvalue weighted by Gasteiger charge is -2.49. The molecular formula is C24H27Cl3FN3O4S. The molecule has 1 saturated heterocycles. The Morgan fingerprint density at radius 1 is 1.17 bits per heavy atom. The molecule has 2 aliphatic rings. The molecule has 2 fully saturated rings. The molecule has 7 nitrogen and oxygen atoms in total. The van der Waals surface area contributed by atoms with Crippen LogP contribution in [0.4, 0.5) is 4.39 Å². The van der Waals surface area contributed by atoms with Crippen molar-refractivity contribution in [1.29, 1.82) is 5.26 Å². The van der Waals surface area contributed by atoms with Gasteiger partial charge in [-0.2, -0.15) is 9.57 Å². The predicted molar refractivity (Wildman–Crippen MR) is 138 cm³/mol. The predicted octanol–water partition coefficient (Wildman–Crippen LogP) is 4.39. The van der Waals surface area contributed by atoms with E-state index in [4.69, 9.17) is 33.2 Å². The van der Waals surface area contributed by atoms with Crippen LogP contribution in [0.3, 0.4) is 0 Å². The SMILES string of the molecule is Cl.N#Cc1ccc(OCC2(CNC3CCC(O)CC3)CN(S(=O)(=O)c3ccc(Cl)cc3Cl)C2)cc1F. The van der Waals surface area contributed by atoms with Crippen LogP contribution < -0.4 is 10.1 Å². The van der Waals surface area contributed by atoms with Crippen molar-refractivity contribution in [3.05, 3.63) is 57.8 Å². The summed E-state index contributed by atoms with van der Waals surface area (Å²) in [7, 11) is -3.84. The van der Waals surface area contributed by atoms with E-state index < -0.39 is 21.3 Å². The van der Waals surface area contributed by atoms with E-state index in [2.05, 4.69) is 5.32 Å². The molecule has 0 aromatic heterocycles. The summed E-state index contributed by atoms with van der Waals surface area (Å²) in [5.74, 6) is -0.406. The van der Waals surface area contributed by atoms with Crippen molar-refractivity contribution in [2.24, 2.45) is 5.41 Å². The molecule has 1 aliphatic heterocycles. The van der Waals surface area contributed by atoms with Gasteiger partial charge in [-0.05, 0) is 56.0 Å². The van der Waals surface area contributed by atoms with E-state index in [1.165, 1.54) is 34.6 Å². The number of nitrogens with zero attached hydrogens (tertiary/aromatic N) is 2. The number of benzene rings is 2. The third-order valence-corrected chi connectivity index (χ3v) is 9.11. The summed E-state index contributed by atoms with van der Waals surface area (Å²) in [6.45, 7) is 1.03. The second kappa shape index (κ2) is 11.8. The number of halogens is 4. The lowest BCUT2D eigenvalue weighted by molar-refractivity contribution is 0.0141. The Morgan fingerprint density at radius 3 is 2.47 bits per heavy atom. The van der Waals surface area contributed by atoms with Crippen molar-refractivity contribution in [2.75, 3.05) is 26.2 Å². The number of nitriles is 1. The minimum atomic E-state index is -3.84. The van der Waals surface area contributed by atoms with Crippen molar-refractivity contribution >= 4 is 45.6 Å². The zero-order valence-electron chi connectivity index (χ0n) is 19.3. The molecule has 12 heteroatoms. The summed E-state index contributed by atoms with van der Waals surface area (Å²) in [4.78, 5) is -0.0125. The molecule has 1 saturated carbocycles. The van der Waals surface area contributed by atoms with Crippen LogP contribution in [0.2, 0.25) is 10.0 Å². The van der Waals surface area contributed by atoms with Crippen molar-refractivity contribution in [3.8, 4) is 11.8 Å². The second-order valence-corrected chi connectivity index (χ2v) is 12.0. The van der Waals surface area contributed by atoms with Gasteiger partial charge in [-0.15, -0.1) is 12.4 Å². The molecule has 4 rings (SSSR count). The molecule has 0 atom stereocenters. The second-order valence-electron chi connectivity index (χ2n) is 9.28. The van der Waals surface area contributed by atoms with Gasteiger partial charge in [0.2, 0.25) is 10.0 Å². The van der Waals surface area contributed by atoms with Crippen molar-refractivity contribution in [2.45, 2.75) is 42.7 Å². The number of sulfonamides is 1. The summed E-state index contributed by atoms with van der Waals surface area (Å²) in [6, 6.07) is 10.3. The number of aliphatic hydroxyl groups is 1. The molecule has 0 unspecified atom stereocenters. The molecule has 0 spiro atoms. The molecular weight excluding hydrogens is 552 g/mol. The van der Waals surface area contributed by atoms with Gasteiger partial charge in [-0.1, -0.05) is 23.2 Å². The van der Waals surface area contributed by atoms with Crippen LogP contribution in [0.15, 0.2) is 41.3 Å². The van der Waals surface area contributed by atoms with E-state index >= 15 is 0 Å². The van der Waals surface area contributed by atoms with Crippen LogP contribution in [0.5, 0.6) is 5.75 Å². The fourth-order valence-electron chi connectivity index (χ4n) is 4.50. The molecule has 0 radical (unpaired) electrons. The maximum absolute atomic E-state index is 14.0. The number of aliphatic hydroxyl groups excluding tert-OH is 1. The minimum Gasteiger partial charge on any atom is -0.493 e. The van der Waals surface area contributed by atoms with E-state index in [1.807, 2.05) is 0 Å². The zero-order chi connectivity index (χ0) is 25.2. The number of hydrogen-bond donors (Lipinski definition) is 2. The summed E-state index contributed by atoms with van der Waals surface area (Å²) in [5, 5.41) is 22.6. The standard InChI is InChI=1S/C24H26Cl2FN3O4S.ClH/c25-17-2-8-23(21(26)9-17)35(32,33)30-13-24(14-30,12-29-18-3-5-19(31)6-4-18)15-34-20-7-1-16(11-28)22(27)10-20;/h1-2,7-10,18-19,29,31H,3-6,12-15H2;1H. The largest absolute Gasteiger partial charge is 0.493 e. The molecule has 196 valence electrons. The highest BCUT2D eigenvalue weighted by atomic mass is 35.5. The third kappa shape index (κ3) is 6.43. The van der Waals surface area contributed by atoms with Crippen LogP contribution in [-0.2, 0) is 10.0 Å². The van der Waals surface area contributed by atoms with Gasteiger partial charge >= 0.3 is 0 Å². The number of hydrogen-bond acceptors (Lipinski definition) is 6. The van der Waals surface area contributed by atoms with Crippen LogP contribution in [-0.4, -0.2) is 56.2 Å². The van der Waals surface area contributed by atoms with Crippen LogP contribution in [0.25, 0.3) is 0 Å². The van der Waals surface area contributed by atoms with Gasteiger partial charge in [-0.25, -0.2) is 12.8 Å². The maximum Gasteiger partial charge on any atom is 0.244 e. The lowest BCUT2D eigenvalue weighted by atomic mass is 9.81. The van der Waals surface area contributed by atoms with Gasteiger partial charge in [0.1, 0.15) is 22.5 Å².